The molecule has 2 N–H and O–H groups in total. The number of unbranched alkanes of at least 4 members (excludes halogenated alkanes) is 1. The van der Waals surface area contributed by atoms with Crippen molar-refractivity contribution in [3.8, 4) is 0 Å². The second kappa shape index (κ2) is 14.6. The van der Waals surface area contributed by atoms with Gasteiger partial charge in [0.2, 0.25) is 5.91 Å². The van der Waals surface area contributed by atoms with E-state index in [0.717, 1.165) is 25.7 Å². The molecule has 3 nitrogen and oxygen atoms in total. The Morgan fingerprint density at radius 1 is 1.38 bits per heavy atom. The Kier molecular flexibility index (Phi) is 13.4. The maximum Gasteiger partial charge on any atom is 0.220 e. The first-order valence-corrected chi connectivity index (χ1v) is 8.63. The number of rotatable bonds is 13. The second-order valence-electron chi connectivity index (χ2n) is 5.82. The normalized spacial score (nSPS) is 14.7. The van der Waals surface area contributed by atoms with Crippen molar-refractivity contribution < 1.29 is 9.18 Å². The monoisotopic (exact) mass is 334 g/mol. The predicted octanol–water partition coefficient (Wildman–Crippen LogP) is 5.13. The third kappa shape index (κ3) is 11.6. The standard InChI is InChI=1S/C20H31FN2O/c1-4-10-19(21)14-13-17(3)18(5-2)11-6-7-12-20(24)23-16-9-8-15-22/h4,8-10,13-15,17-18,22H,1,5-7,11-12,16H2,2-3H3,(H,23,24)/b9-8+,14-13-,19-10+,22-15?. The Hall–Kier alpha value is -1.97. The van der Waals surface area contributed by atoms with Crippen LogP contribution in [0.5, 0.6) is 0 Å². The molecule has 0 spiro atoms. The maximum absolute atomic E-state index is 13.3. The molecule has 0 bridgehead atoms. The predicted molar refractivity (Wildman–Crippen MR) is 101 cm³/mol. The van der Waals surface area contributed by atoms with Gasteiger partial charge in [-0.15, -0.1) is 0 Å². The van der Waals surface area contributed by atoms with Crippen LogP contribution in [0.4, 0.5) is 4.39 Å². The molecule has 2 unspecified atom stereocenters. The van der Waals surface area contributed by atoms with Gasteiger partial charge >= 0.3 is 0 Å². The molecule has 0 heterocycles. The molecule has 4 heteroatoms. The molecule has 0 aromatic heterocycles. The first-order chi connectivity index (χ1) is 11.5. The highest BCUT2D eigenvalue weighted by Crippen LogP contribution is 2.24. The third-order valence-corrected chi connectivity index (χ3v) is 3.98. The fourth-order valence-corrected chi connectivity index (χ4v) is 2.50. The molecule has 0 aromatic carbocycles. The molecule has 24 heavy (non-hydrogen) atoms. The van der Waals surface area contributed by atoms with Crippen molar-refractivity contribution in [2.75, 3.05) is 6.54 Å². The van der Waals surface area contributed by atoms with E-state index in [4.69, 9.17) is 5.41 Å². The number of halogens is 1. The van der Waals surface area contributed by atoms with E-state index in [-0.39, 0.29) is 11.7 Å². The molecule has 1 amide bonds. The van der Waals surface area contributed by atoms with Crippen LogP contribution in [0.25, 0.3) is 0 Å². The van der Waals surface area contributed by atoms with Crippen molar-refractivity contribution in [3.05, 3.63) is 48.9 Å². The lowest BCUT2D eigenvalue weighted by molar-refractivity contribution is -0.121. The SMILES string of the molecule is C=C/C=C(F)\C=C/C(C)C(CC)CCCCC(=O)NC/C=C/C=N. The van der Waals surface area contributed by atoms with Gasteiger partial charge in [0.25, 0.3) is 0 Å². The quantitative estimate of drug-likeness (QED) is 0.274. The van der Waals surface area contributed by atoms with Gasteiger partial charge in [-0.2, -0.15) is 0 Å². The van der Waals surface area contributed by atoms with Gasteiger partial charge in [0.15, 0.2) is 0 Å². The zero-order chi connectivity index (χ0) is 18.2. The number of carbonyl (C=O) groups excluding carboxylic acids is 1. The van der Waals surface area contributed by atoms with Crippen LogP contribution in [0.3, 0.4) is 0 Å². The van der Waals surface area contributed by atoms with E-state index in [1.165, 1.54) is 24.4 Å². The summed E-state index contributed by atoms with van der Waals surface area (Å²) in [5.41, 5.74) is 0. The molecular weight excluding hydrogens is 303 g/mol. The minimum atomic E-state index is -0.277. The summed E-state index contributed by atoms with van der Waals surface area (Å²) >= 11 is 0. The van der Waals surface area contributed by atoms with Crippen LogP contribution in [-0.2, 0) is 4.79 Å². The molecule has 0 radical (unpaired) electrons. The average Bonchev–Trinajstić information content (AvgIpc) is 2.57. The molecule has 134 valence electrons. The lowest BCUT2D eigenvalue weighted by Gasteiger charge is -2.19. The summed E-state index contributed by atoms with van der Waals surface area (Å²) in [6.45, 7) is 8.20. The van der Waals surface area contributed by atoms with Crippen molar-refractivity contribution in [2.45, 2.75) is 46.0 Å². The highest BCUT2D eigenvalue weighted by atomic mass is 19.1. The Labute approximate surface area is 145 Å². The fraction of sp³-hybridized carbons (Fsp3) is 0.500. The van der Waals surface area contributed by atoms with E-state index in [9.17, 15) is 9.18 Å². The lowest BCUT2D eigenvalue weighted by atomic mass is 9.86. The number of allylic oxidation sites excluding steroid dienone is 6. The summed E-state index contributed by atoms with van der Waals surface area (Å²) in [5.74, 6) is 0.568. The van der Waals surface area contributed by atoms with Crippen LogP contribution in [0.2, 0.25) is 0 Å². The van der Waals surface area contributed by atoms with Crippen molar-refractivity contribution in [3.63, 3.8) is 0 Å². The molecule has 0 saturated carbocycles. The van der Waals surface area contributed by atoms with Crippen LogP contribution in [0.15, 0.2) is 48.9 Å². The largest absolute Gasteiger partial charge is 0.353 e. The van der Waals surface area contributed by atoms with E-state index in [1.54, 1.807) is 12.2 Å². The number of nitrogens with one attached hydrogen (secondary N) is 2. The first kappa shape index (κ1) is 22.0. The van der Waals surface area contributed by atoms with Crippen molar-refractivity contribution >= 4 is 12.1 Å². The summed E-state index contributed by atoms with van der Waals surface area (Å²) in [7, 11) is 0. The summed E-state index contributed by atoms with van der Waals surface area (Å²) in [6, 6.07) is 0. The van der Waals surface area contributed by atoms with E-state index in [2.05, 4.69) is 25.7 Å². The van der Waals surface area contributed by atoms with Crippen molar-refractivity contribution in [1.29, 1.82) is 5.41 Å². The lowest BCUT2D eigenvalue weighted by Crippen LogP contribution is -2.22. The van der Waals surface area contributed by atoms with Crippen LogP contribution >= 0.6 is 0 Å². The summed E-state index contributed by atoms with van der Waals surface area (Å²) in [4.78, 5) is 11.6. The number of hydrogen-bond acceptors (Lipinski definition) is 2. The maximum atomic E-state index is 13.3. The topological polar surface area (TPSA) is 53.0 Å². The minimum absolute atomic E-state index is 0.0438. The van der Waals surface area contributed by atoms with Gasteiger partial charge in [0, 0.05) is 19.2 Å². The summed E-state index contributed by atoms with van der Waals surface area (Å²) < 4.78 is 13.3. The van der Waals surface area contributed by atoms with Gasteiger partial charge in [-0.1, -0.05) is 51.5 Å². The molecule has 0 aliphatic carbocycles. The molecule has 0 aromatic rings. The van der Waals surface area contributed by atoms with Gasteiger partial charge in [-0.05, 0) is 42.9 Å². The molecule has 0 fully saturated rings. The van der Waals surface area contributed by atoms with Gasteiger partial charge < -0.3 is 10.7 Å². The van der Waals surface area contributed by atoms with E-state index >= 15 is 0 Å². The highest BCUT2D eigenvalue weighted by molar-refractivity contribution is 5.76. The van der Waals surface area contributed by atoms with E-state index in [1.807, 2.05) is 6.08 Å². The van der Waals surface area contributed by atoms with Gasteiger partial charge in [-0.25, -0.2) is 4.39 Å². The van der Waals surface area contributed by atoms with Gasteiger partial charge in [-0.3, -0.25) is 4.79 Å². The smallest absolute Gasteiger partial charge is 0.220 e. The molecule has 0 saturated heterocycles. The second-order valence-corrected chi connectivity index (χ2v) is 5.82. The van der Waals surface area contributed by atoms with Crippen LogP contribution < -0.4 is 5.32 Å². The zero-order valence-electron chi connectivity index (χ0n) is 14.9. The molecular formula is C20H31FN2O. The fourth-order valence-electron chi connectivity index (χ4n) is 2.50. The molecule has 0 aliphatic heterocycles. The highest BCUT2D eigenvalue weighted by Gasteiger charge is 2.13. The van der Waals surface area contributed by atoms with Gasteiger partial charge in [0.05, 0.1) is 0 Å². The zero-order valence-corrected chi connectivity index (χ0v) is 14.9. The van der Waals surface area contributed by atoms with Gasteiger partial charge in [0.1, 0.15) is 5.83 Å². The first-order valence-electron chi connectivity index (χ1n) is 8.63. The van der Waals surface area contributed by atoms with Crippen LogP contribution in [-0.4, -0.2) is 18.7 Å². The van der Waals surface area contributed by atoms with Crippen LogP contribution in [0, 0.1) is 17.2 Å². The molecule has 2 atom stereocenters. The number of amides is 1. The Morgan fingerprint density at radius 3 is 2.75 bits per heavy atom. The number of hydrogen-bond donors (Lipinski definition) is 2. The van der Waals surface area contributed by atoms with Crippen molar-refractivity contribution in [2.24, 2.45) is 11.8 Å². The Balaban J connectivity index is 4.06. The Bertz CT molecular complexity index is 466. The average molecular weight is 334 g/mol. The Morgan fingerprint density at radius 2 is 2.12 bits per heavy atom. The minimum Gasteiger partial charge on any atom is -0.353 e. The molecule has 0 rings (SSSR count). The summed E-state index contributed by atoms with van der Waals surface area (Å²) in [5, 5.41) is 9.62. The van der Waals surface area contributed by atoms with E-state index in [0.29, 0.717) is 24.8 Å². The summed E-state index contributed by atoms with van der Waals surface area (Å²) in [6.07, 6.45) is 15.2. The number of carbonyl (C=O) groups is 1. The third-order valence-electron chi connectivity index (χ3n) is 3.98. The van der Waals surface area contributed by atoms with E-state index < -0.39 is 0 Å². The molecule has 0 aliphatic rings. The van der Waals surface area contributed by atoms with Crippen LogP contribution in [0.1, 0.15) is 46.0 Å². The van der Waals surface area contributed by atoms with Crippen molar-refractivity contribution in [1.82, 2.24) is 5.32 Å².